The molecule has 5 atom stereocenters. The van der Waals surface area contributed by atoms with E-state index in [1.54, 1.807) is 68.0 Å². The van der Waals surface area contributed by atoms with Gasteiger partial charge in [0.1, 0.15) is 51.7 Å². The van der Waals surface area contributed by atoms with Crippen LogP contribution in [0, 0.1) is 0 Å². The van der Waals surface area contributed by atoms with Crippen molar-refractivity contribution in [3.8, 4) is 51.7 Å². The molecular weight excluding hydrogens is 733 g/mol. The van der Waals surface area contributed by atoms with Gasteiger partial charge in [0.2, 0.25) is 0 Å². The topological polar surface area (TPSA) is 105 Å². The van der Waals surface area contributed by atoms with Gasteiger partial charge in [0.25, 0.3) is 0 Å². The van der Waals surface area contributed by atoms with Gasteiger partial charge in [-0.05, 0) is 94.4 Å². The fourth-order valence-corrected chi connectivity index (χ4v) is 9.59. The highest BCUT2D eigenvalue weighted by Gasteiger charge is 2.53. The minimum Gasteiger partial charge on any atom is -0.508 e. The highest BCUT2D eigenvalue weighted by molar-refractivity contribution is 5.71. The van der Waals surface area contributed by atoms with Gasteiger partial charge in [-0.3, -0.25) is 0 Å². The fourth-order valence-electron chi connectivity index (χ4n) is 9.59. The summed E-state index contributed by atoms with van der Waals surface area (Å²) >= 11 is 0. The van der Waals surface area contributed by atoms with Gasteiger partial charge in [0.15, 0.2) is 0 Å². The van der Waals surface area contributed by atoms with Crippen LogP contribution in [0.25, 0.3) is 0 Å². The Hall–Kier alpha value is -6.48. The number of phenolic OH excluding ortho intramolecular Hbond substituents is 2. The van der Waals surface area contributed by atoms with Crippen molar-refractivity contribution in [2.45, 2.75) is 36.0 Å². The van der Waals surface area contributed by atoms with Crippen LogP contribution in [0.1, 0.15) is 79.7 Å². The van der Waals surface area contributed by atoms with Crippen LogP contribution in [-0.2, 0) is 6.42 Å². The van der Waals surface area contributed by atoms with Crippen LogP contribution < -0.4 is 33.2 Å². The number of rotatable bonds is 12. The Morgan fingerprint density at radius 3 is 1.48 bits per heavy atom. The van der Waals surface area contributed by atoms with E-state index >= 15 is 0 Å². The standard InChI is InChI=1S/C49H48O9/c1-52-32-16-10-28(11-17-32)42-44(30-21-34(54-3)23-35(22-30)55-4)47-41(58-7)26-39(51)45-37(20-27-8-14-31(50)15-9-27)38-24-36(56-5)25-40(57-6)46(38)43(48(42)49(45)47)29-12-18-33(53-2)19-13-29/h8-19,21-26,37,42-44,48,50-51H,20H2,1-7H3/t37-,42-,43-,44-,48+/m0/s1. The number of fused-ring (bicyclic) bond motifs is 1. The molecule has 8 rings (SSSR count). The molecule has 2 aliphatic carbocycles. The zero-order valence-electron chi connectivity index (χ0n) is 33.7. The first kappa shape index (κ1) is 38.4. The molecule has 9 heteroatoms. The summed E-state index contributed by atoms with van der Waals surface area (Å²) in [5.41, 5.74) is 8.82. The van der Waals surface area contributed by atoms with Crippen molar-refractivity contribution in [1.82, 2.24) is 0 Å². The van der Waals surface area contributed by atoms with Gasteiger partial charge >= 0.3 is 0 Å². The molecule has 6 aromatic carbocycles. The lowest BCUT2D eigenvalue weighted by molar-refractivity contribution is 0.382. The number of hydrogen-bond donors (Lipinski definition) is 2. The fraction of sp³-hybridized carbons (Fsp3) is 0.265. The first-order valence-electron chi connectivity index (χ1n) is 19.2. The second-order valence-electron chi connectivity index (χ2n) is 14.8. The molecule has 2 aliphatic rings. The average Bonchev–Trinajstić information content (AvgIpc) is 3.55. The number of ether oxygens (including phenoxy) is 7. The van der Waals surface area contributed by atoms with Crippen molar-refractivity contribution >= 4 is 0 Å². The molecule has 0 heterocycles. The molecule has 0 radical (unpaired) electrons. The predicted octanol–water partition coefficient (Wildman–Crippen LogP) is 9.69. The number of methoxy groups -OCH3 is 7. The van der Waals surface area contributed by atoms with Crippen molar-refractivity contribution in [3.05, 3.63) is 159 Å². The normalized spacial score (nSPS) is 19.0. The van der Waals surface area contributed by atoms with Gasteiger partial charge in [-0.2, -0.15) is 0 Å². The Labute approximate surface area is 339 Å². The molecule has 0 aliphatic heterocycles. The lowest BCUT2D eigenvalue weighted by Gasteiger charge is -2.34. The lowest BCUT2D eigenvalue weighted by Crippen LogP contribution is -2.20. The van der Waals surface area contributed by atoms with Crippen molar-refractivity contribution in [3.63, 3.8) is 0 Å². The van der Waals surface area contributed by atoms with Crippen molar-refractivity contribution in [2.24, 2.45) is 0 Å². The Morgan fingerprint density at radius 1 is 0.414 bits per heavy atom. The molecule has 2 N–H and O–H groups in total. The molecule has 298 valence electrons. The van der Waals surface area contributed by atoms with Gasteiger partial charge in [-0.15, -0.1) is 0 Å². The first-order chi connectivity index (χ1) is 28.2. The third-order valence-electron chi connectivity index (χ3n) is 12.1. The minimum atomic E-state index is -0.385. The Kier molecular flexibility index (Phi) is 10.5. The molecule has 0 saturated carbocycles. The van der Waals surface area contributed by atoms with Crippen molar-refractivity contribution < 1.29 is 43.4 Å². The Morgan fingerprint density at radius 2 is 0.931 bits per heavy atom. The van der Waals surface area contributed by atoms with Gasteiger partial charge < -0.3 is 43.4 Å². The molecule has 0 unspecified atom stereocenters. The molecule has 0 fully saturated rings. The Balaban J connectivity index is 1.56. The van der Waals surface area contributed by atoms with Gasteiger partial charge in [0.05, 0.1) is 49.8 Å². The van der Waals surface area contributed by atoms with E-state index in [9.17, 15) is 10.2 Å². The Bertz CT molecular complexity index is 2400. The van der Waals surface area contributed by atoms with E-state index in [0.29, 0.717) is 35.2 Å². The zero-order chi connectivity index (χ0) is 40.7. The number of phenols is 2. The number of aromatic hydroxyl groups is 2. The van der Waals surface area contributed by atoms with Gasteiger partial charge in [-0.1, -0.05) is 36.4 Å². The molecule has 0 spiro atoms. The largest absolute Gasteiger partial charge is 0.508 e. The highest BCUT2D eigenvalue weighted by atomic mass is 16.5. The maximum absolute atomic E-state index is 12.6. The van der Waals surface area contributed by atoms with Crippen LogP contribution in [0.5, 0.6) is 51.7 Å². The lowest BCUT2D eigenvalue weighted by atomic mass is 9.69. The maximum atomic E-state index is 12.6. The first-order valence-corrected chi connectivity index (χ1v) is 19.2. The average molecular weight is 781 g/mol. The summed E-state index contributed by atoms with van der Waals surface area (Å²) in [6.45, 7) is 0. The highest BCUT2D eigenvalue weighted by Crippen LogP contribution is 2.68. The van der Waals surface area contributed by atoms with Crippen LogP contribution in [0.4, 0.5) is 0 Å². The van der Waals surface area contributed by atoms with Gasteiger partial charge in [-0.25, -0.2) is 0 Å². The monoisotopic (exact) mass is 780 g/mol. The molecule has 0 saturated heterocycles. The summed E-state index contributed by atoms with van der Waals surface area (Å²) in [6, 6.07) is 35.6. The SMILES string of the molecule is COc1ccc([C@H]2c3c(OC)cc(OC)cc3[C@H](Cc3ccc(O)cc3)c3c(O)cc(OC)c4c3[C@@H]2[C@@H](c2ccc(OC)cc2)[C@@H]4c2cc(OC)cc(OC)c2)cc1. The summed E-state index contributed by atoms with van der Waals surface area (Å²) in [5.74, 6) is 3.48. The second kappa shape index (κ2) is 15.8. The predicted molar refractivity (Wildman–Crippen MR) is 223 cm³/mol. The van der Waals surface area contributed by atoms with E-state index in [2.05, 4.69) is 42.5 Å². The summed E-state index contributed by atoms with van der Waals surface area (Å²) in [7, 11) is 11.7. The van der Waals surface area contributed by atoms with E-state index in [1.165, 1.54) is 0 Å². The molecule has 0 bridgehead atoms. The molecule has 6 aromatic rings. The van der Waals surface area contributed by atoms with E-state index in [4.69, 9.17) is 33.2 Å². The summed E-state index contributed by atoms with van der Waals surface area (Å²) < 4.78 is 41.7. The molecule has 58 heavy (non-hydrogen) atoms. The molecule has 9 nitrogen and oxygen atoms in total. The molecule has 0 amide bonds. The maximum Gasteiger partial charge on any atom is 0.126 e. The third kappa shape index (κ3) is 6.54. The summed E-state index contributed by atoms with van der Waals surface area (Å²) in [6.07, 6.45) is 0.503. The van der Waals surface area contributed by atoms with Crippen LogP contribution >= 0.6 is 0 Å². The van der Waals surface area contributed by atoms with E-state index < -0.39 is 0 Å². The van der Waals surface area contributed by atoms with E-state index in [-0.39, 0.29) is 41.1 Å². The minimum absolute atomic E-state index is 0.129. The summed E-state index contributed by atoms with van der Waals surface area (Å²) in [4.78, 5) is 0. The van der Waals surface area contributed by atoms with Crippen molar-refractivity contribution in [1.29, 1.82) is 0 Å². The summed E-state index contributed by atoms with van der Waals surface area (Å²) in [5, 5.41) is 22.9. The zero-order valence-corrected chi connectivity index (χ0v) is 33.7. The van der Waals surface area contributed by atoms with E-state index in [0.717, 1.165) is 61.6 Å². The van der Waals surface area contributed by atoms with Crippen LogP contribution in [0.3, 0.4) is 0 Å². The molecule has 0 aromatic heterocycles. The third-order valence-corrected chi connectivity index (χ3v) is 12.1. The van der Waals surface area contributed by atoms with Crippen LogP contribution in [0.2, 0.25) is 0 Å². The van der Waals surface area contributed by atoms with Crippen LogP contribution in [0.15, 0.2) is 109 Å². The van der Waals surface area contributed by atoms with Gasteiger partial charge in [0, 0.05) is 64.5 Å². The van der Waals surface area contributed by atoms with Crippen molar-refractivity contribution in [2.75, 3.05) is 49.8 Å². The number of hydrogen-bond acceptors (Lipinski definition) is 9. The van der Waals surface area contributed by atoms with E-state index in [1.807, 2.05) is 48.5 Å². The number of benzene rings is 6. The molecular formula is C49H48O9. The second-order valence-corrected chi connectivity index (χ2v) is 14.8. The smallest absolute Gasteiger partial charge is 0.126 e. The van der Waals surface area contributed by atoms with Crippen LogP contribution in [-0.4, -0.2) is 60.0 Å². The quantitative estimate of drug-likeness (QED) is 0.126.